The molecule has 2 heterocycles. The zero-order chi connectivity index (χ0) is 9.26. The van der Waals surface area contributed by atoms with E-state index < -0.39 is 0 Å². The summed E-state index contributed by atoms with van der Waals surface area (Å²) in [5.41, 5.74) is 1.01. The van der Waals surface area contributed by atoms with Crippen molar-refractivity contribution in [1.29, 1.82) is 0 Å². The van der Waals surface area contributed by atoms with Crippen LogP contribution in [0.25, 0.3) is 11.2 Å². The Bertz CT molecular complexity index is 470. The first-order valence-corrected chi connectivity index (χ1v) is 4.23. The first kappa shape index (κ1) is 7.97. The Labute approximate surface area is 74.2 Å². The largest absolute Gasteiger partial charge is 0.325 e. The quantitative estimate of drug-likeness (QED) is 0.707. The van der Waals surface area contributed by atoms with Crippen LogP contribution in [0.5, 0.6) is 0 Å². The third-order valence-electron chi connectivity index (χ3n) is 1.79. The Morgan fingerprint density at radius 3 is 3.08 bits per heavy atom. The lowest BCUT2D eigenvalue weighted by atomic mass is 10.3. The topological polar surface area (TPSA) is 74.4 Å². The number of nitrogens with zero attached hydrogens (tertiary/aromatic N) is 2. The molecule has 0 radical (unpaired) electrons. The molecule has 0 spiro atoms. The number of aromatic nitrogens is 4. The van der Waals surface area contributed by atoms with Crippen molar-refractivity contribution in [2.24, 2.45) is 0 Å². The van der Waals surface area contributed by atoms with Gasteiger partial charge in [0, 0.05) is 6.42 Å². The SMILES string of the molecule is CCCc1ncc2[nH]c(=O)[nH]c2n1. The Balaban J connectivity index is 2.54. The minimum atomic E-state index is -0.238. The molecule has 2 N–H and O–H groups in total. The van der Waals surface area contributed by atoms with Crippen LogP contribution in [0.1, 0.15) is 19.2 Å². The van der Waals surface area contributed by atoms with Crippen LogP contribution in [0, 0.1) is 0 Å². The Morgan fingerprint density at radius 2 is 2.31 bits per heavy atom. The summed E-state index contributed by atoms with van der Waals surface area (Å²) in [6, 6.07) is 0. The number of rotatable bonds is 2. The van der Waals surface area contributed by atoms with Crippen molar-refractivity contribution in [3.05, 3.63) is 22.5 Å². The second-order valence-electron chi connectivity index (χ2n) is 2.88. The van der Waals surface area contributed by atoms with Gasteiger partial charge >= 0.3 is 5.69 Å². The lowest BCUT2D eigenvalue weighted by Gasteiger charge is -1.94. The molecule has 2 aromatic rings. The molecule has 2 rings (SSSR count). The molecule has 13 heavy (non-hydrogen) atoms. The standard InChI is InChI=1S/C8H10N4O/c1-2-3-6-9-4-5-7(11-6)12-8(13)10-5/h4H,2-3H2,1H3,(H2,9,10,11,12,13). The highest BCUT2D eigenvalue weighted by Gasteiger charge is 2.01. The van der Waals surface area contributed by atoms with Crippen molar-refractivity contribution in [1.82, 2.24) is 19.9 Å². The molecule has 2 aromatic heterocycles. The van der Waals surface area contributed by atoms with Gasteiger partial charge in [0.05, 0.1) is 6.20 Å². The zero-order valence-electron chi connectivity index (χ0n) is 7.29. The van der Waals surface area contributed by atoms with Gasteiger partial charge in [-0.15, -0.1) is 0 Å². The summed E-state index contributed by atoms with van der Waals surface area (Å²) in [5, 5.41) is 0. The van der Waals surface area contributed by atoms with E-state index in [1.807, 2.05) is 0 Å². The summed E-state index contributed by atoms with van der Waals surface area (Å²) in [5.74, 6) is 0.769. The van der Waals surface area contributed by atoms with Gasteiger partial charge in [-0.1, -0.05) is 6.92 Å². The third kappa shape index (κ3) is 1.44. The number of aryl methyl sites for hydroxylation is 1. The molecule has 0 aliphatic heterocycles. The van der Waals surface area contributed by atoms with Gasteiger partial charge in [-0.2, -0.15) is 0 Å². The molecule has 5 nitrogen and oxygen atoms in total. The van der Waals surface area contributed by atoms with Crippen LogP contribution in [-0.4, -0.2) is 19.9 Å². The van der Waals surface area contributed by atoms with Gasteiger partial charge in [-0.25, -0.2) is 14.8 Å². The molecule has 0 saturated heterocycles. The fourth-order valence-electron chi connectivity index (χ4n) is 1.21. The van der Waals surface area contributed by atoms with Gasteiger partial charge in [0.15, 0.2) is 5.65 Å². The normalized spacial score (nSPS) is 10.8. The summed E-state index contributed by atoms with van der Waals surface area (Å²) < 4.78 is 0. The van der Waals surface area contributed by atoms with Crippen LogP contribution in [0.2, 0.25) is 0 Å². The first-order valence-electron chi connectivity index (χ1n) is 4.23. The second kappa shape index (κ2) is 3.01. The van der Waals surface area contributed by atoms with Crippen LogP contribution in [0.4, 0.5) is 0 Å². The fourth-order valence-corrected chi connectivity index (χ4v) is 1.21. The smallest absolute Gasteiger partial charge is 0.303 e. The number of nitrogens with one attached hydrogen (secondary N) is 2. The highest BCUT2D eigenvalue weighted by Crippen LogP contribution is 2.02. The maximum absolute atomic E-state index is 10.9. The molecule has 0 unspecified atom stereocenters. The van der Waals surface area contributed by atoms with Crippen molar-refractivity contribution in [3.8, 4) is 0 Å². The van der Waals surface area contributed by atoms with E-state index in [0.717, 1.165) is 18.7 Å². The van der Waals surface area contributed by atoms with Crippen molar-refractivity contribution in [3.63, 3.8) is 0 Å². The van der Waals surface area contributed by atoms with E-state index in [9.17, 15) is 4.79 Å². The van der Waals surface area contributed by atoms with E-state index in [-0.39, 0.29) is 5.69 Å². The number of hydrogen-bond acceptors (Lipinski definition) is 3. The predicted molar refractivity (Wildman–Crippen MR) is 48.5 cm³/mol. The van der Waals surface area contributed by atoms with Crippen LogP contribution in [-0.2, 0) is 6.42 Å². The van der Waals surface area contributed by atoms with Crippen LogP contribution >= 0.6 is 0 Å². The number of aromatic amines is 2. The number of H-pyrrole nitrogens is 2. The van der Waals surface area contributed by atoms with Crippen molar-refractivity contribution >= 4 is 11.2 Å². The highest BCUT2D eigenvalue weighted by molar-refractivity contribution is 5.67. The number of hydrogen-bond donors (Lipinski definition) is 2. The molecule has 0 aliphatic carbocycles. The molecule has 0 bridgehead atoms. The predicted octanol–water partition coefficient (Wildman–Crippen LogP) is 0.599. The van der Waals surface area contributed by atoms with Crippen LogP contribution in [0.15, 0.2) is 11.0 Å². The van der Waals surface area contributed by atoms with Crippen molar-refractivity contribution in [2.75, 3.05) is 0 Å². The molecule has 0 aliphatic rings. The molecular formula is C8H10N4O. The summed E-state index contributed by atoms with van der Waals surface area (Å²) >= 11 is 0. The molecule has 0 fully saturated rings. The molecule has 0 atom stereocenters. The van der Waals surface area contributed by atoms with E-state index in [1.165, 1.54) is 0 Å². The van der Waals surface area contributed by atoms with Gasteiger partial charge < -0.3 is 4.98 Å². The van der Waals surface area contributed by atoms with E-state index in [2.05, 4.69) is 26.9 Å². The van der Waals surface area contributed by atoms with E-state index in [4.69, 9.17) is 0 Å². The summed E-state index contributed by atoms with van der Waals surface area (Å²) in [6.07, 6.45) is 3.47. The Morgan fingerprint density at radius 1 is 1.46 bits per heavy atom. The van der Waals surface area contributed by atoms with Gasteiger partial charge in [-0.05, 0) is 6.42 Å². The zero-order valence-corrected chi connectivity index (χ0v) is 7.29. The van der Waals surface area contributed by atoms with Gasteiger partial charge in [0.25, 0.3) is 0 Å². The summed E-state index contributed by atoms with van der Waals surface area (Å²) in [6.45, 7) is 2.06. The Kier molecular flexibility index (Phi) is 1.84. The molecule has 68 valence electrons. The lowest BCUT2D eigenvalue weighted by molar-refractivity contribution is 0.842. The van der Waals surface area contributed by atoms with E-state index in [0.29, 0.717) is 11.2 Å². The lowest BCUT2D eigenvalue weighted by Crippen LogP contribution is -1.99. The third-order valence-corrected chi connectivity index (χ3v) is 1.79. The van der Waals surface area contributed by atoms with E-state index >= 15 is 0 Å². The van der Waals surface area contributed by atoms with Crippen LogP contribution < -0.4 is 5.69 Å². The summed E-state index contributed by atoms with van der Waals surface area (Å²) in [7, 11) is 0. The number of imidazole rings is 1. The maximum Gasteiger partial charge on any atom is 0.325 e. The van der Waals surface area contributed by atoms with Gasteiger partial charge in [-0.3, -0.25) is 4.98 Å². The first-order chi connectivity index (χ1) is 6.29. The minimum absolute atomic E-state index is 0.238. The maximum atomic E-state index is 10.9. The second-order valence-corrected chi connectivity index (χ2v) is 2.88. The number of fused-ring (bicyclic) bond motifs is 1. The van der Waals surface area contributed by atoms with E-state index in [1.54, 1.807) is 6.20 Å². The monoisotopic (exact) mass is 178 g/mol. The van der Waals surface area contributed by atoms with Crippen molar-refractivity contribution in [2.45, 2.75) is 19.8 Å². The Hall–Kier alpha value is -1.65. The average Bonchev–Trinajstić information content (AvgIpc) is 2.44. The minimum Gasteiger partial charge on any atom is -0.303 e. The van der Waals surface area contributed by atoms with Crippen molar-refractivity contribution < 1.29 is 0 Å². The molecule has 0 amide bonds. The fraction of sp³-hybridized carbons (Fsp3) is 0.375. The van der Waals surface area contributed by atoms with Gasteiger partial charge in [0.1, 0.15) is 11.3 Å². The highest BCUT2D eigenvalue weighted by atomic mass is 16.1. The molecule has 5 heteroatoms. The van der Waals surface area contributed by atoms with Crippen LogP contribution in [0.3, 0.4) is 0 Å². The van der Waals surface area contributed by atoms with Gasteiger partial charge in [0.2, 0.25) is 0 Å². The molecule has 0 saturated carbocycles. The molecule has 0 aromatic carbocycles. The summed E-state index contributed by atoms with van der Waals surface area (Å²) in [4.78, 5) is 24.4. The molecular weight excluding hydrogens is 168 g/mol. The average molecular weight is 178 g/mol.